The van der Waals surface area contributed by atoms with Crippen LogP contribution >= 0.6 is 0 Å². The second-order valence-electron chi connectivity index (χ2n) is 11.6. The van der Waals surface area contributed by atoms with Crippen LogP contribution in [0.2, 0.25) is 0 Å². The van der Waals surface area contributed by atoms with Gasteiger partial charge in [0.2, 0.25) is 0 Å². The molecule has 0 aromatic heterocycles. The third-order valence-corrected chi connectivity index (χ3v) is 7.92. The third kappa shape index (κ3) is 10.4. The van der Waals surface area contributed by atoms with Gasteiger partial charge in [0, 0.05) is 5.69 Å². The smallest absolute Gasteiger partial charge is 0.870 e. The number of carboxylic acids is 1. The zero-order valence-corrected chi connectivity index (χ0v) is 32.8. The number of benzene rings is 6. The van der Waals surface area contributed by atoms with Crippen molar-refractivity contribution < 1.29 is 96.1 Å². The molecule has 0 spiro atoms. The van der Waals surface area contributed by atoms with Gasteiger partial charge in [0.1, 0.15) is 23.0 Å². The van der Waals surface area contributed by atoms with E-state index in [9.17, 15) is 24.3 Å². The summed E-state index contributed by atoms with van der Waals surface area (Å²) in [6, 6.07) is 42.2. The fraction of sp³-hybridized carbons (Fsp3) is 0.0476. The molecule has 6 aromatic carbocycles. The predicted molar refractivity (Wildman–Crippen MR) is 200 cm³/mol. The summed E-state index contributed by atoms with van der Waals surface area (Å²) in [5.41, 5.74) is 4.34. The van der Waals surface area contributed by atoms with Crippen molar-refractivity contribution >= 4 is 35.1 Å². The van der Waals surface area contributed by atoms with Crippen molar-refractivity contribution in [2.45, 2.75) is 13.8 Å². The number of carboxylic acid groups (broad SMARTS) is 1. The molecule has 0 unspecified atom stereocenters. The molecule has 0 saturated heterocycles. The van der Waals surface area contributed by atoms with Crippen molar-refractivity contribution in [3.8, 4) is 23.0 Å². The van der Waals surface area contributed by atoms with Gasteiger partial charge in [-0.1, -0.05) is 59.7 Å². The van der Waals surface area contributed by atoms with Gasteiger partial charge in [-0.15, -0.1) is 0 Å². The van der Waals surface area contributed by atoms with Gasteiger partial charge in [-0.25, -0.2) is 9.69 Å². The summed E-state index contributed by atoms with van der Waals surface area (Å²) in [6.45, 7) is 4.02. The molecule has 0 atom stereocenters. The summed E-state index contributed by atoms with van der Waals surface area (Å²) in [5, 5.41) is 11.9. The third-order valence-electron chi connectivity index (χ3n) is 7.92. The molecule has 11 nitrogen and oxygen atoms in total. The number of amides is 3. The summed E-state index contributed by atoms with van der Waals surface area (Å²) < 4.78 is 11.5. The van der Waals surface area contributed by atoms with E-state index in [0.29, 0.717) is 34.0 Å². The number of hydrogen-bond donors (Lipinski definition) is 2. The fourth-order valence-electron chi connectivity index (χ4n) is 5.24. The molecule has 0 saturated carbocycles. The van der Waals surface area contributed by atoms with Crippen LogP contribution in [0.15, 0.2) is 146 Å². The quantitative estimate of drug-likeness (QED) is 0.155. The number of carbonyl (C=O) groups is 4. The molecule has 3 amide bonds. The van der Waals surface area contributed by atoms with Crippen LogP contribution in [0.4, 0.5) is 11.4 Å². The van der Waals surface area contributed by atoms with E-state index in [0.717, 1.165) is 22.6 Å². The zero-order valence-electron chi connectivity index (χ0n) is 29.6. The fourth-order valence-corrected chi connectivity index (χ4v) is 5.24. The topological polar surface area (TPSA) is 184 Å². The van der Waals surface area contributed by atoms with Gasteiger partial charge in [-0.3, -0.25) is 14.4 Å². The van der Waals surface area contributed by atoms with E-state index in [1.54, 1.807) is 84.9 Å². The van der Waals surface area contributed by atoms with Crippen LogP contribution in [0, 0.1) is 13.8 Å². The molecule has 5 N–H and O–H groups in total. The first-order chi connectivity index (χ1) is 24.7. The predicted octanol–water partition coefficient (Wildman–Crippen LogP) is 5.33. The number of aryl methyl sites for hydroxylation is 2. The summed E-state index contributed by atoms with van der Waals surface area (Å²) in [7, 11) is 0. The van der Waals surface area contributed by atoms with E-state index < -0.39 is 11.9 Å². The minimum absolute atomic E-state index is 0. The molecule has 1 aliphatic heterocycles. The van der Waals surface area contributed by atoms with Gasteiger partial charge < -0.3 is 30.8 Å². The summed E-state index contributed by atoms with van der Waals surface area (Å²) in [4.78, 5) is 49.7. The number of rotatable bonds is 8. The van der Waals surface area contributed by atoms with Crippen LogP contribution in [0.3, 0.4) is 0 Å². The van der Waals surface area contributed by atoms with Crippen molar-refractivity contribution in [1.29, 1.82) is 0 Å². The molecule has 0 aliphatic carbocycles. The van der Waals surface area contributed by atoms with Gasteiger partial charge in [0.25, 0.3) is 17.7 Å². The SMILES string of the molecule is Cc1ccc(Oc2ccc(N3C(=O)c4ccccc4C3=O)cc2)cc1.Cc1ccc(Oc2ccc(NC(=O)c3ccccc3C(=O)O)cc2)cc1.O.[K+].[OH-]. The van der Waals surface area contributed by atoms with Crippen LogP contribution < -0.4 is 71.1 Å². The Hall–Kier alpha value is -5.44. The first-order valence-corrected chi connectivity index (χ1v) is 16.0. The minimum Gasteiger partial charge on any atom is -0.870 e. The molecular formula is C42H35KN2O9. The van der Waals surface area contributed by atoms with Crippen LogP contribution in [0.25, 0.3) is 0 Å². The Bertz CT molecular complexity index is 2190. The first kappa shape index (κ1) is 43.0. The Morgan fingerprint density at radius 2 is 0.926 bits per heavy atom. The number of anilines is 2. The Balaban J connectivity index is 0.000000275. The standard InChI is InChI=1S/C21H17NO4.C21H15NO3.K.2H2O/c1-14-6-10-16(11-7-14)26-17-12-8-15(9-13-17)22-20(23)18-4-2-3-5-19(18)21(24)25;1-14-6-10-16(11-7-14)25-17-12-8-15(9-13-17)22-20(23)18-4-2-3-5-19(18)21(22)24;;;/h2-13H,1H3,(H,22,23)(H,24,25);2-13H,1H3;;2*1H2/q;;+1;;/p-1. The second-order valence-corrected chi connectivity index (χ2v) is 11.6. The average Bonchev–Trinajstić information content (AvgIpc) is 3.40. The van der Waals surface area contributed by atoms with Gasteiger partial charge in [-0.2, -0.15) is 0 Å². The number of aromatic carboxylic acids is 1. The molecule has 0 bridgehead atoms. The number of ether oxygens (including phenoxy) is 2. The number of imide groups is 1. The molecule has 0 fully saturated rings. The first-order valence-electron chi connectivity index (χ1n) is 16.0. The normalized spacial score (nSPS) is 11.0. The van der Waals surface area contributed by atoms with E-state index in [1.807, 2.05) is 62.4 Å². The van der Waals surface area contributed by atoms with Crippen molar-refractivity contribution in [3.05, 3.63) is 179 Å². The van der Waals surface area contributed by atoms with E-state index in [1.165, 1.54) is 17.0 Å². The van der Waals surface area contributed by atoms with Gasteiger partial charge in [0.15, 0.2) is 0 Å². The molecule has 12 heteroatoms. The largest absolute Gasteiger partial charge is 1.00 e. The van der Waals surface area contributed by atoms with Crippen molar-refractivity contribution in [1.82, 2.24) is 0 Å². The number of fused-ring (bicyclic) bond motifs is 1. The Morgan fingerprint density at radius 1 is 0.556 bits per heavy atom. The summed E-state index contributed by atoms with van der Waals surface area (Å²) in [6.07, 6.45) is 0. The second kappa shape index (κ2) is 19.6. The number of nitrogens with zero attached hydrogens (tertiary/aromatic N) is 1. The number of carbonyl (C=O) groups excluding carboxylic acids is 3. The maximum atomic E-state index is 12.5. The molecule has 1 heterocycles. The molecule has 54 heavy (non-hydrogen) atoms. The van der Waals surface area contributed by atoms with Crippen molar-refractivity contribution in [3.63, 3.8) is 0 Å². The van der Waals surface area contributed by atoms with Crippen LogP contribution in [0.5, 0.6) is 23.0 Å². The monoisotopic (exact) mass is 750 g/mol. The molecule has 6 aromatic rings. The summed E-state index contributed by atoms with van der Waals surface area (Å²) in [5.74, 6) is 0.525. The van der Waals surface area contributed by atoms with Gasteiger partial charge in [0.05, 0.1) is 27.9 Å². The zero-order chi connectivity index (χ0) is 35.9. The number of hydrogen-bond acceptors (Lipinski definition) is 7. The maximum absolute atomic E-state index is 12.5. The van der Waals surface area contributed by atoms with Crippen molar-refractivity contribution in [2.75, 3.05) is 10.2 Å². The van der Waals surface area contributed by atoms with Crippen molar-refractivity contribution in [2.24, 2.45) is 0 Å². The van der Waals surface area contributed by atoms with E-state index >= 15 is 0 Å². The van der Waals surface area contributed by atoms with Gasteiger partial charge in [-0.05, 0) is 111 Å². The van der Waals surface area contributed by atoms with Gasteiger partial charge >= 0.3 is 57.4 Å². The molecular weight excluding hydrogens is 716 g/mol. The Morgan fingerprint density at radius 3 is 1.35 bits per heavy atom. The molecule has 0 radical (unpaired) electrons. The van der Waals surface area contributed by atoms with E-state index in [-0.39, 0.29) is 85.3 Å². The number of nitrogens with one attached hydrogen (secondary N) is 1. The molecule has 7 rings (SSSR count). The minimum atomic E-state index is -1.14. The summed E-state index contributed by atoms with van der Waals surface area (Å²) >= 11 is 0. The average molecular weight is 751 g/mol. The van der Waals surface area contributed by atoms with Crippen LogP contribution in [-0.4, -0.2) is 39.7 Å². The Kier molecular flexibility index (Phi) is 15.6. The van der Waals surface area contributed by atoms with Crippen LogP contribution in [-0.2, 0) is 0 Å². The maximum Gasteiger partial charge on any atom is 1.00 e. The Labute approximate surface area is 354 Å². The molecule has 268 valence electrons. The van der Waals surface area contributed by atoms with E-state index in [4.69, 9.17) is 9.47 Å². The van der Waals surface area contributed by atoms with E-state index in [2.05, 4.69) is 5.32 Å². The van der Waals surface area contributed by atoms with Crippen LogP contribution in [0.1, 0.15) is 52.6 Å². The molecule has 1 aliphatic rings.